The van der Waals surface area contributed by atoms with Crippen LogP contribution >= 0.6 is 0 Å². The van der Waals surface area contributed by atoms with Gasteiger partial charge in [0.2, 0.25) is 0 Å². The molecule has 0 atom stereocenters. The van der Waals surface area contributed by atoms with Crippen molar-refractivity contribution in [3.05, 3.63) is 48.4 Å². The molecule has 148 valence electrons. The van der Waals surface area contributed by atoms with Crippen molar-refractivity contribution >= 4 is 16.9 Å². The molecule has 0 amide bonds. The third-order valence-electron chi connectivity index (χ3n) is 5.03. The number of H-pyrrole nitrogens is 1. The molecule has 1 aliphatic heterocycles. The van der Waals surface area contributed by atoms with Gasteiger partial charge in [0.15, 0.2) is 0 Å². The maximum Gasteiger partial charge on any atom is 0.573 e. The normalized spacial score (nSPS) is 16.8. The first-order chi connectivity index (χ1) is 13.4. The molecule has 0 radical (unpaired) electrons. The molecule has 3 aromatic rings. The van der Waals surface area contributed by atoms with Gasteiger partial charge in [0.25, 0.3) is 0 Å². The Labute approximate surface area is 159 Å². The Morgan fingerprint density at radius 1 is 1.11 bits per heavy atom. The highest BCUT2D eigenvalue weighted by Gasteiger charge is 2.36. The van der Waals surface area contributed by atoms with Gasteiger partial charge in [-0.3, -0.25) is 0 Å². The number of anilines is 1. The minimum atomic E-state index is -4.73. The molecule has 0 unspecified atom stereocenters. The number of rotatable bonds is 5. The van der Waals surface area contributed by atoms with E-state index < -0.39 is 11.9 Å². The predicted octanol–water partition coefficient (Wildman–Crippen LogP) is 3.63. The Bertz CT molecular complexity index is 950. The molecule has 1 aromatic carbocycles. The summed E-state index contributed by atoms with van der Waals surface area (Å²) in [5.41, 5.74) is 0.769. The zero-order valence-electron chi connectivity index (χ0n) is 15.0. The van der Waals surface area contributed by atoms with Gasteiger partial charge >= 0.3 is 6.36 Å². The van der Waals surface area contributed by atoms with Gasteiger partial charge in [-0.25, -0.2) is 9.97 Å². The second kappa shape index (κ2) is 7.31. The lowest BCUT2D eigenvalue weighted by molar-refractivity contribution is -0.274. The number of hydrogen-bond acceptors (Lipinski definition) is 5. The molecule has 1 aliphatic rings. The largest absolute Gasteiger partial charge is 0.573 e. The number of halogens is 3. The standard InChI is InChI=1S/C19H20F3N5O/c20-19(21,22)28-15-4-2-1-3-13(15)11-18(6-9-23-10-7-18)27-17-14-5-8-24-16(14)25-12-26-17/h1-5,8,12,23H,6-7,9-11H2,(H2,24,25,26,27). The molecule has 3 heterocycles. The zero-order chi connectivity index (χ0) is 19.6. The number of para-hydroxylation sites is 1. The first kappa shape index (κ1) is 18.5. The van der Waals surface area contributed by atoms with Crippen molar-refractivity contribution in [3.63, 3.8) is 0 Å². The van der Waals surface area contributed by atoms with Gasteiger partial charge in [-0.15, -0.1) is 13.2 Å². The number of hydrogen-bond donors (Lipinski definition) is 3. The summed E-state index contributed by atoms with van der Waals surface area (Å²) in [6.45, 7) is 1.52. The van der Waals surface area contributed by atoms with E-state index in [9.17, 15) is 13.2 Å². The van der Waals surface area contributed by atoms with Crippen molar-refractivity contribution in [2.75, 3.05) is 18.4 Å². The first-order valence-corrected chi connectivity index (χ1v) is 9.05. The van der Waals surface area contributed by atoms with Crippen LogP contribution in [-0.2, 0) is 6.42 Å². The van der Waals surface area contributed by atoms with E-state index in [2.05, 4.69) is 30.3 Å². The van der Waals surface area contributed by atoms with E-state index in [0.29, 0.717) is 23.4 Å². The van der Waals surface area contributed by atoms with Gasteiger partial charge in [-0.05, 0) is 50.0 Å². The minimum absolute atomic E-state index is 0.163. The maximum atomic E-state index is 12.8. The smallest absolute Gasteiger partial charge is 0.406 e. The van der Waals surface area contributed by atoms with Gasteiger partial charge in [0, 0.05) is 11.7 Å². The van der Waals surface area contributed by atoms with Crippen LogP contribution in [-0.4, -0.2) is 39.9 Å². The van der Waals surface area contributed by atoms with Gasteiger partial charge in [0.1, 0.15) is 23.5 Å². The van der Waals surface area contributed by atoms with Gasteiger partial charge in [-0.2, -0.15) is 0 Å². The number of piperidine rings is 1. The highest BCUT2D eigenvalue weighted by Crippen LogP contribution is 2.34. The first-order valence-electron chi connectivity index (χ1n) is 9.05. The Morgan fingerprint density at radius 2 is 1.89 bits per heavy atom. The van der Waals surface area contributed by atoms with E-state index in [0.717, 1.165) is 31.3 Å². The fourth-order valence-electron chi connectivity index (χ4n) is 3.71. The third kappa shape index (κ3) is 4.04. The molecule has 0 spiro atoms. The van der Waals surface area contributed by atoms with Gasteiger partial charge in [-0.1, -0.05) is 18.2 Å². The number of nitrogens with zero attached hydrogens (tertiary/aromatic N) is 2. The number of benzene rings is 1. The molecule has 9 heteroatoms. The third-order valence-corrected chi connectivity index (χ3v) is 5.03. The summed E-state index contributed by atoms with van der Waals surface area (Å²) in [4.78, 5) is 11.6. The molecule has 1 fully saturated rings. The fourth-order valence-corrected chi connectivity index (χ4v) is 3.71. The summed E-state index contributed by atoms with van der Waals surface area (Å²) in [6, 6.07) is 8.18. The minimum Gasteiger partial charge on any atom is -0.406 e. The molecule has 6 nitrogen and oxygen atoms in total. The number of nitrogens with one attached hydrogen (secondary N) is 3. The van der Waals surface area contributed by atoms with Crippen LogP contribution in [0.4, 0.5) is 19.0 Å². The summed E-state index contributed by atoms with van der Waals surface area (Å²) < 4.78 is 42.7. The Kier molecular flexibility index (Phi) is 4.84. The highest BCUT2D eigenvalue weighted by molar-refractivity contribution is 5.87. The Hall–Kier alpha value is -2.81. The van der Waals surface area contributed by atoms with Gasteiger partial charge in [0.05, 0.1) is 5.39 Å². The zero-order valence-corrected chi connectivity index (χ0v) is 15.0. The number of alkyl halides is 3. The lowest BCUT2D eigenvalue weighted by Crippen LogP contribution is -2.49. The number of ether oxygens (including phenoxy) is 1. The van der Waals surface area contributed by atoms with E-state index in [1.807, 2.05) is 6.07 Å². The Balaban J connectivity index is 1.67. The molecule has 0 bridgehead atoms. The van der Waals surface area contributed by atoms with Crippen molar-refractivity contribution < 1.29 is 17.9 Å². The average molecular weight is 391 g/mol. The van der Waals surface area contributed by atoms with E-state index in [1.165, 1.54) is 12.4 Å². The maximum absolute atomic E-state index is 12.8. The van der Waals surface area contributed by atoms with Gasteiger partial charge < -0.3 is 20.4 Å². The molecule has 1 saturated heterocycles. The van der Waals surface area contributed by atoms with Crippen LogP contribution in [0.15, 0.2) is 42.9 Å². The summed E-state index contributed by atoms with van der Waals surface area (Å²) in [6.07, 6.45) is 0.390. The quantitative estimate of drug-likeness (QED) is 0.619. The van der Waals surface area contributed by atoms with E-state index in [4.69, 9.17) is 0 Å². The molecule has 0 saturated carbocycles. The van der Waals surface area contributed by atoms with Crippen LogP contribution in [0.25, 0.3) is 11.0 Å². The van der Waals surface area contributed by atoms with Crippen molar-refractivity contribution in [3.8, 4) is 5.75 Å². The lowest BCUT2D eigenvalue weighted by Gasteiger charge is -2.39. The van der Waals surface area contributed by atoms with Crippen molar-refractivity contribution in [2.24, 2.45) is 0 Å². The lowest BCUT2D eigenvalue weighted by atomic mass is 9.82. The average Bonchev–Trinajstić information content (AvgIpc) is 3.13. The molecular formula is C19H20F3N5O. The monoisotopic (exact) mass is 391 g/mol. The summed E-state index contributed by atoms with van der Waals surface area (Å²) in [5, 5.41) is 7.67. The predicted molar refractivity (Wildman–Crippen MR) is 99.2 cm³/mol. The van der Waals surface area contributed by atoms with E-state index in [1.54, 1.807) is 24.4 Å². The number of aromatic amines is 1. The highest BCUT2D eigenvalue weighted by atomic mass is 19.4. The fraction of sp³-hybridized carbons (Fsp3) is 0.368. The van der Waals surface area contributed by atoms with Crippen molar-refractivity contribution in [1.82, 2.24) is 20.3 Å². The summed E-state index contributed by atoms with van der Waals surface area (Å²) in [5.74, 6) is 0.506. The molecule has 4 rings (SSSR count). The van der Waals surface area contributed by atoms with E-state index in [-0.39, 0.29) is 5.75 Å². The van der Waals surface area contributed by atoms with E-state index >= 15 is 0 Å². The number of aromatic nitrogens is 3. The second-order valence-corrected chi connectivity index (χ2v) is 6.95. The molecule has 3 N–H and O–H groups in total. The summed E-state index contributed by atoms with van der Waals surface area (Å²) >= 11 is 0. The summed E-state index contributed by atoms with van der Waals surface area (Å²) in [7, 11) is 0. The molecular weight excluding hydrogens is 371 g/mol. The molecule has 2 aromatic heterocycles. The molecule has 28 heavy (non-hydrogen) atoms. The van der Waals surface area contributed by atoms with Crippen LogP contribution in [0.1, 0.15) is 18.4 Å². The number of fused-ring (bicyclic) bond motifs is 1. The SMILES string of the molecule is FC(F)(F)Oc1ccccc1CC1(Nc2ncnc3[nH]ccc23)CCNCC1. The van der Waals surface area contributed by atoms with Crippen LogP contribution in [0.5, 0.6) is 5.75 Å². The Morgan fingerprint density at radius 3 is 2.68 bits per heavy atom. The van der Waals surface area contributed by atoms with Crippen LogP contribution < -0.4 is 15.4 Å². The van der Waals surface area contributed by atoms with Crippen LogP contribution in [0.2, 0.25) is 0 Å². The second-order valence-electron chi connectivity index (χ2n) is 6.95. The van der Waals surface area contributed by atoms with Crippen LogP contribution in [0.3, 0.4) is 0 Å². The topological polar surface area (TPSA) is 74.9 Å². The van der Waals surface area contributed by atoms with Crippen molar-refractivity contribution in [2.45, 2.75) is 31.2 Å². The molecule has 0 aliphatic carbocycles. The van der Waals surface area contributed by atoms with Crippen LogP contribution in [0, 0.1) is 0 Å². The van der Waals surface area contributed by atoms with Crippen molar-refractivity contribution in [1.29, 1.82) is 0 Å².